The first-order valence-corrected chi connectivity index (χ1v) is 9.24. The van der Waals surface area contributed by atoms with Crippen molar-refractivity contribution < 1.29 is 9.47 Å². The molecule has 4 nitrogen and oxygen atoms in total. The Bertz CT molecular complexity index is 954. The molecule has 130 valence electrons. The van der Waals surface area contributed by atoms with Crippen LogP contribution in [-0.2, 0) is 6.42 Å². The van der Waals surface area contributed by atoms with Gasteiger partial charge in [-0.1, -0.05) is 27.5 Å². The van der Waals surface area contributed by atoms with Gasteiger partial charge in [0.15, 0.2) is 11.5 Å². The number of rotatable bonds is 3. The lowest BCUT2D eigenvalue weighted by Crippen LogP contribution is -2.30. The normalized spacial score (nSPS) is 16.7. The Labute approximate surface area is 159 Å². The summed E-state index contributed by atoms with van der Waals surface area (Å²) in [6, 6.07) is 10.0. The van der Waals surface area contributed by atoms with Crippen LogP contribution in [0.25, 0.3) is 10.9 Å². The molecule has 2 heterocycles. The van der Waals surface area contributed by atoms with Crippen LogP contribution < -0.4 is 14.8 Å². The van der Waals surface area contributed by atoms with Crippen molar-refractivity contribution in [2.24, 2.45) is 0 Å². The highest BCUT2D eigenvalue weighted by molar-refractivity contribution is 9.10. The van der Waals surface area contributed by atoms with Crippen molar-refractivity contribution in [3.05, 3.63) is 56.6 Å². The minimum absolute atomic E-state index is 0.0455. The summed E-state index contributed by atoms with van der Waals surface area (Å²) in [6.07, 6.45) is 0.969. The zero-order chi connectivity index (χ0) is 17.6. The molecule has 1 aromatic heterocycles. The molecule has 0 spiro atoms. The van der Waals surface area contributed by atoms with E-state index in [0.717, 1.165) is 33.5 Å². The lowest BCUT2D eigenvalue weighted by atomic mass is 9.94. The summed E-state index contributed by atoms with van der Waals surface area (Å²) in [5.74, 6) is 1.42. The van der Waals surface area contributed by atoms with Crippen LogP contribution in [0.1, 0.15) is 22.9 Å². The third-order valence-corrected chi connectivity index (χ3v) is 5.65. The monoisotopic (exact) mass is 420 g/mol. The van der Waals surface area contributed by atoms with Crippen molar-refractivity contribution in [3.63, 3.8) is 0 Å². The first-order chi connectivity index (χ1) is 12.1. The van der Waals surface area contributed by atoms with Gasteiger partial charge in [-0.3, -0.25) is 0 Å². The molecule has 0 radical (unpaired) electrons. The second-order valence-corrected chi connectivity index (χ2v) is 7.36. The molecule has 0 bridgehead atoms. The maximum atomic E-state index is 6.20. The molecule has 2 N–H and O–H groups in total. The molecule has 0 aliphatic carbocycles. The lowest BCUT2D eigenvalue weighted by molar-refractivity contribution is 0.353. The summed E-state index contributed by atoms with van der Waals surface area (Å²) in [6.45, 7) is 0.901. The van der Waals surface area contributed by atoms with E-state index in [2.05, 4.69) is 26.2 Å². The number of aromatic nitrogens is 1. The third-order valence-electron chi connectivity index (χ3n) is 4.73. The topological polar surface area (TPSA) is 46.3 Å². The Hall–Kier alpha value is -1.69. The van der Waals surface area contributed by atoms with E-state index in [-0.39, 0.29) is 6.04 Å². The molecule has 0 saturated heterocycles. The Morgan fingerprint density at radius 1 is 1.12 bits per heavy atom. The van der Waals surface area contributed by atoms with Gasteiger partial charge in [-0.05, 0) is 47.9 Å². The molecule has 0 fully saturated rings. The van der Waals surface area contributed by atoms with E-state index in [1.54, 1.807) is 14.2 Å². The minimum atomic E-state index is 0.0455. The fraction of sp³-hybridized carbons (Fsp3) is 0.263. The number of hydrogen-bond acceptors (Lipinski definition) is 3. The average Bonchev–Trinajstić information content (AvgIpc) is 2.99. The number of halogens is 2. The number of benzene rings is 2. The first kappa shape index (κ1) is 16.8. The zero-order valence-corrected chi connectivity index (χ0v) is 16.3. The van der Waals surface area contributed by atoms with E-state index >= 15 is 0 Å². The molecule has 1 aliphatic heterocycles. The highest BCUT2D eigenvalue weighted by Gasteiger charge is 2.27. The van der Waals surface area contributed by atoms with Gasteiger partial charge in [0, 0.05) is 32.6 Å². The van der Waals surface area contributed by atoms with Crippen LogP contribution in [0.5, 0.6) is 11.5 Å². The Kier molecular flexibility index (Phi) is 4.40. The maximum absolute atomic E-state index is 6.20. The van der Waals surface area contributed by atoms with Gasteiger partial charge in [-0.25, -0.2) is 0 Å². The third kappa shape index (κ3) is 2.80. The highest BCUT2D eigenvalue weighted by Crippen LogP contribution is 2.41. The zero-order valence-electron chi connectivity index (χ0n) is 14.0. The number of methoxy groups -OCH3 is 2. The van der Waals surface area contributed by atoms with E-state index in [0.29, 0.717) is 11.5 Å². The number of ether oxygens (including phenoxy) is 2. The lowest BCUT2D eigenvalue weighted by Gasteiger charge is -2.26. The van der Waals surface area contributed by atoms with Crippen LogP contribution in [0.2, 0.25) is 5.02 Å². The summed E-state index contributed by atoms with van der Waals surface area (Å²) in [5.41, 5.74) is 4.72. The molecular formula is C19H18BrClN2O2. The molecule has 0 amide bonds. The van der Waals surface area contributed by atoms with Gasteiger partial charge in [0.1, 0.15) is 0 Å². The van der Waals surface area contributed by atoms with Crippen molar-refractivity contribution in [2.75, 3.05) is 20.8 Å². The van der Waals surface area contributed by atoms with Gasteiger partial charge in [0.05, 0.1) is 20.3 Å². The highest BCUT2D eigenvalue weighted by atomic mass is 79.9. The Morgan fingerprint density at radius 3 is 2.64 bits per heavy atom. The molecule has 1 unspecified atom stereocenters. The van der Waals surface area contributed by atoms with E-state index in [4.69, 9.17) is 21.1 Å². The second kappa shape index (κ2) is 6.56. The van der Waals surface area contributed by atoms with E-state index in [1.807, 2.05) is 30.3 Å². The van der Waals surface area contributed by atoms with Gasteiger partial charge in [0.2, 0.25) is 0 Å². The largest absolute Gasteiger partial charge is 0.493 e. The van der Waals surface area contributed by atoms with Crippen LogP contribution in [-0.4, -0.2) is 25.7 Å². The summed E-state index contributed by atoms with van der Waals surface area (Å²) in [4.78, 5) is 3.57. The summed E-state index contributed by atoms with van der Waals surface area (Å²) in [5, 5.41) is 5.57. The van der Waals surface area contributed by atoms with Gasteiger partial charge < -0.3 is 19.8 Å². The predicted molar refractivity (Wildman–Crippen MR) is 104 cm³/mol. The van der Waals surface area contributed by atoms with E-state index in [9.17, 15) is 0 Å². The Morgan fingerprint density at radius 2 is 1.88 bits per heavy atom. The van der Waals surface area contributed by atoms with Crippen LogP contribution in [0.3, 0.4) is 0 Å². The van der Waals surface area contributed by atoms with Crippen molar-refractivity contribution in [3.8, 4) is 11.5 Å². The fourth-order valence-electron chi connectivity index (χ4n) is 3.56. The van der Waals surface area contributed by atoms with Crippen LogP contribution >= 0.6 is 27.5 Å². The van der Waals surface area contributed by atoms with Crippen LogP contribution in [0.4, 0.5) is 0 Å². The SMILES string of the molecule is COc1cc(Br)c(C2NCCc3c2[nH]c2ccc(Cl)cc32)cc1OC. The molecule has 1 atom stereocenters. The van der Waals surface area contributed by atoms with Crippen molar-refractivity contribution >= 4 is 38.4 Å². The molecule has 3 aromatic rings. The number of nitrogens with one attached hydrogen (secondary N) is 2. The molecule has 25 heavy (non-hydrogen) atoms. The Balaban J connectivity index is 1.88. The quantitative estimate of drug-likeness (QED) is 0.636. The summed E-state index contributed by atoms with van der Waals surface area (Å²) < 4.78 is 11.9. The number of hydrogen-bond donors (Lipinski definition) is 2. The van der Waals surface area contributed by atoms with E-state index in [1.165, 1.54) is 16.6 Å². The van der Waals surface area contributed by atoms with Gasteiger partial charge >= 0.3 is 0 Å². The molecule has 4 rings (SSSR count). The molecular weight excluding hydrogens is 404 g/mol. The summed E-state index contributed by atoms with van der Waals surface area (Å²) >= 11 is 9.89. The molecule has 2 aromatic carbocycles. The smallest absolute Gasteiger partial charge is 0.161 e. The number of aromatic amines is 1. The standard InChI is InChI=1S/C19H18BrClN2O2/c1-24-16-8-13(14(20)9-17(16)25-2)18-19-11(5-6-22-18)12-7-10(21)3-4-15(12)23-19/h3-4,7-9,18,22-23H,5-6H2,1-2H3. The second-order valence-electron chi connectivity index (χ2n) is 6.07. The van der Waals surface area contributed by atoms with Crippen molar-refractivity contribution in [2.45, 2.75) is 12.5 Å². The van der Waals surface area contributed by atoms with E-state index < -0.39 is 0 Å². The molecule has 6 heteroatoms. The minimum Gasteiger partial charge on any atom is -0.493 e. The molecule has 0 saturated carbocycles. The first-order valence-electron chi connectivity index (χ1n) is 8.07. The fourth-order valence-corrected chi connectivity index (χ4v) is 4.28. The number of fused-ring (bicyclic) bond motifs is 3. The van der Waals surface area contributed by atoms with Gasteiger partial charge in [0.25, 0.3) is 0 Å². The van der Waals surface area contributed by atoms with Crippen LogP contribution in [0.15, 0.2) is 34.8 Å². The van der Waals surface area contributed by atoms with Gasteiger partial charge in [-0.2, -0.15) is 0 Å². The number of H-pyrrole nitrogens is 1. The van der Waals surface area contributed by atoms with Crippen LogP contribution in [0, 0.1) is 0 Å². The predicted octanol–water partition coefficient (Wildman–Crippen LogP) is 4.84. The maximum Gasteiger partial charge on any atom is 0.161 e. The van der Waals surface area contributed by atoms with Gasteiger partial charge in [-0.15, -0.1) is 0 Å². The average molecular weight is 422 g/mol. The van der Waals surface area contributed by atoms with Crippen molar-refractivity contribution in [1.82, 2.24) is 10.3 Å². The summed E-state index contributed by atoms with van der Waals surface area (Å²) in [7, 11) is 3.29. The van der Waals surface area contributed by atoms with Crippen molar-refractivity contribution in [1.29, 1.82) is 0 Å². The molecule has 1 aliphatic rings.